The second-order valence-corrected chi connectivity index (χ2v) is 11.6. The van der Waals surface area contributed by atoms with Crippen LogP contribution in [0, 0.1) is 11.3 Å². The van der Waals surface area contributed by atoms with E-state index in [-0.39, 0.29) is 11.8 Å². The van der Waals surface area contributed by atoms with Crippen LogP contribution in [0.15, 0.2) is 48.8 Å². The summed E-state index contributed by atoms with van der Waals surface area (Å²) in [7, 11) is 2.13. The number of likely N-dealkylation sites (N-methyl/N-ethyl adjacent to an activating group) is 1. The van der Waals surface area contributed by atoms with E-state index in [1.165, 1.54) is 6.20 Å². The molecule has 1 atom stereocenters. The average molecular weight is 645 g/mol. The predicted octanol–water partition coefficient (Wildman–Crippen LogP) is 5.36. The third-order valence-electron chi connectivity index (χ3n) is 8.04. The van der Waals surface area contributed by atoms with Crippen LogP contribution in [0.25, 0.3) is 16.9 Å². The molecule has 1 aromatic carbocycles. The first-order valence-electron chi connectivity index (χ1n) is 16.1. The van der Waals surface area contributed by atoms with Gasteiger partial charge in [-0.05, 0) is 49.2 Å². The zero-order chi connectivity index (χ0) is 33.1. The summed E-state index contributed by atoms with van der Waals surface area (Å²) < 4.78 is 1.82. The van der Waals surface area contributed by atoms with Crippen molar-refractivity contribution in [1.29, 1.82) is 5.26 Å². The van der Waals surface area contributed by atoms with Gasteiger partial charge in [-0.2, -0.15) is 5.26 Å². The zero-order valence-corrected chi connectivity index (χ0v) is 28.2. The maximum absolute atomic E-state index is 13.2. The molecule has 1 saturated heterocycles. The van der Waals surface area contributed by atoms with Gasteiger partial charge in [0.1, 0.15) is 23.2 Å². The molecule has 0 aliphatic carbocycles. The molecule has 0 spiro atoms. The Balaban J connectivity index is 0.00000235. The molecule has 46 heavy (non-hydrogen) atoms. The second kappa shape index (κ2) is 16.9. The molecule has 0 radical (unpaired) electrons. The lowest BCUT2D eigenvalue weighted by atomic mass is 9.92. The SMILES string of the molecule is CC.CCC(C)c1cc(Cl)ccc1-c1cc2nc(C(=O)NCCN3CCN(C)CC3)cn2c(NCCNc2ccc(C#N)cn2)n1. The van der Waals surface area contributed by atoms with E-state index in [0.717, 1.165) is 56.0 Å². The first kappa shape index (κ1) is 34.6. The van der Waals surface area contributed by atoms with Gasteiger partial charge in [-0.25, -0.2) is 15.0 Å². The molecule has 4 aromatic rings. The summed E-state index contributed by atoms with van der Waals surface area (Å²) in [6.45, 7) is 14.9. The van der Waals surface area contributed by atoms with Crippen LogP contribution in [0.1, 0.15) is 61.6 Å². The minimum Gasteiger partial charge on any atom is -0.368 e. The minimum atomic E-state index is -0.212. The molecule has 3 aromatic heterocycles. The fraction of sp³-hybridized carbons (Fsp3) is 0.441. The maximum atomic E-state index is 13.2. The van der Waals surface area contributed by atoms with Crippen molar-refractivity contribution in [3.63, 3.8) is 0 Å². The highest BCUT2D eigenvalue weighted by Crippen LogP contribution is 2.33. The first-order chi connectivity index (χ1) is 22.3. The van der Waals surface area contributed by atoms with Gasteiger partial charge in [0.15, 0.2) is 0 Å². The molecule has 12 heteroatoms. The van der Waals surface area contributed by atoms with Gasteiger partial charge in [-0.3, -0.25) is 14.1 Å². The molecule has 1 aliphatic heterocycles. The highest BCUT2D eigenvalue weighted by Gasteiger charge is 2.19. The molecular weight excluding hydrogens is 600 g/mol. The second-order valence-electron chi connectivity index (χ2n) is 11.2. The third-order valence-corrected chi connectivity index (χ3v) is 8.27. The molecule has 1 amide bonds. The van der Waals surface area contributed by atoms with Gasteiger partial charge in [-0.1, -0.05) is 45.4 Å². The Kier molecular flexibility index (Phi) is 12.7. The highest BCUT2D eigenvalue weighted by atomic mass is 35.5. The molecule has 0 bridgehead atoms. The monoisotopic (exact) mass is 644 g/mol. The molecule has 1 unspecified atom stereocenters. The summed E-state index contributed by atoms with van der Waals surface area (Å²) in [5.41, 5.74) is 4.31. The number of piperazine rings is 1. The topological polar surface area (TPSA) is 127 Å². The molecule has 1 fully saturated rings. The number of carbonyl (C=O) groups is 1. The minimum absolute atomic E-state index is 0.212. The van der Waals surface area contributed by atoms with Crippen LogP contribution < -0.4 is 16.0 Å². The Hall–Kier alpha value is -4.24. The number of halogens is 1. The number of hydrogen-bond donors (Lipinski definition) is 3. The van der Waals surface area contributed by atoms with Gasteiger partial charge in [0.2, 0.25) is 5.95 Å². The van der Waals surface area contributed by atoms with E-state index >= 15 is 0 Å². The number of amides is 1. The summed E-state index contributed by atoms with van der Waals surface area (Å²) in [6.07, 6.45) is 4.22. The van der Waals surface area contributed by atoms with Gasteiger partial charge in [0.05, 0.1) is 11.3 Å². The van der Waals surface area contributed by atoms with Crippen molar-refractivity contribution in [2.75, 3.05) is 70.0 Å². The standard InChI is InChI=1S/C32H39ClN10O.C2H6/c1-4-22(2)26-17-24(33)6-7-25(26)27-18-30-39-28(31(44)36-11-12-42-15-13-41(3)14-16-42)21-43(30)32(40-27)37-10-9-35-29-8-5-23(19-34)20-38-29;1-2/h5-8,17-18,20-22H,4,9-16H2,1-3H3,(H,35,38)(H,36,44)(H,37,40);1-2H3. The van der Waals surface area contributed by atoms with Crippen molar-refractivity contribution in [3.8, 4) is 17.3 Å². The lowest BCUT2D eigenvalue weighted by Crippen LogP contribution is -2.46. The number of rotatable bonds is 12. The van der Waals surface area contributed by atoms with E-state index in [4.69, 9.17) is 26.8 Å². The lowest BCUT2D eigenvalue weighted by molar-refractivity contribution is 0.0936. The normalized spacial score (nSPS) is 14.2. The molecule has 1 aliphatic rings. The van der Waals surface area contributed by atoms with Gasteiger partial charge < -0.3 is 20.9 Å². The number of nitrogens with zero attached hydrogens (tertiary/aromatic N) is 7. The van der Waals surface area contributed by atoms with Crippen molar-refractivity contribution in [2.24, 2.45) is 0 Å². The van der Waals surface area contributed by atoms with Crippen LogP contribution in [0.4, 0.5) is 11.8 Å². The fourth-order valence-corrected chi connectivity index (χ4v) is 5.35. The van der Waals surface area contributed by atoms with Crippen LogP contribution in [0.2, 0.25) is 5.02 Å². The Bertz CT molecular complexity index is 1620. The van der Waals surface area contributed by atoms with Crippen LogP contribution >= 0.6 is 11.6 Å². The quantitative estimate of drug-likeness (QED) is 0.175. The van der Waals surface area contributed by atoms with Gasteiger partial charge in [0.25, 0.3) is 5.91 Å². The average Bonchev–Trinajstić information content (AvgIpc) is 3.53. The molecule has 3 N–H and O–H groups in total. The third kappa shape index (κ3) is 8.94. The van der Waals surface area contributed by atoms with E-state index in [1.54, 1.807) is 18.3 Å². The number of hydrogen-bond acceptors (Lipinski definition) is 9. The maximum Gasteiger partial charge on any atom is 0.271 e. The van der Waals surface area contributed by atoms with Crippen molar-refractivity contribution in [1.82, 2.24) is 34.5 Å². The van der Waals surface area contributed by atoms with Crippen molar-refractivity contribution in [2.45, 2.75) is 40.0 Å². The number of aromatic nitrogens is 4. The molecule has 244 valence electrons. The Morgan fingerprint density at radius 1 is 1.04 bits per heavy atom. The largest absolute Gasteiger partial charge is 0.368 e. The lowest BCUT2D eigenvalue weighted by Gasteiger charge is -2.32. The van der Waals surface area contributed by atoms with Gasteiger partial charge in [0, 0.05) is 81.4 Å². The Labute approximate surface area is 277 Å². The number of anilines is 2. The van der Waals surface area contributed by atoms with Crippen molar-refractivity contribution >= 4 is 34.9 Å². The van der Waals surface area contributed by atoms with E-state index < -0.39 is 0 Å². The Morgan fingerprint density at radius 2 is 1.80 bits per heavy atom. The van der Waals surface area contributed by atoms with Crippen LogP contribution in [-0.4, -0.2) is 94.5 Å². The van der Waals surface area contributed by atoms with Crippen LogP contribution in [-0.2, 0) is 0 Å². The van der Waals surface area contributed by atoms with Crippen molar-refractivity contribution in [3.05, 3.63) is 70.6 Å². The van der Waals surface area contributed by atoms with Gasteiger partial charge >= 0.3 is 0 Å². The molecule has 5 rings (SSSR count). The molecular formula is C34H45ClN10O. The van der Waals surface area contributed by atoms with Crippen LogP contribution in [0.5, 0.6) is 0 Å². The van der Waals surface area contributed by atoms with E-state index in [1.807, 2.05) is 42.5 Å². The number of fused-ring (bicyclic) bond motifs is 1. The van der Waals surface area contributed by atoms with E-state index in [2.05, 4.69) is 57.7 Å². The highest BCUT2D eigenvalue weighted by molar-refractivity contribution is 6.30. The summed E-state index contributed by atoms with van der Waals surface area (Å²) in [5, 5.41) is 19.4. The first-order valence-corrected chi connectivity index (χ1v) is 16.5. The zero-order valence-electron chi connectivity index (χ0n) is 27.5. The van der Waals surface area contributed by atoms with E-state index in [0.29, 0.717) is 53.3 Å². The van der Waals surface area contributed by atoms with Crippen molar-refractivity contribution < 1.29 is 4.79 Å². The number of pyridine rings is 1. The smallest absolute Gasteiger partial charge is 0.271 e. The summed E-state index contributed by atoms with van der Waals surface area (Å²) in [5.74, 6) is 1.32. The summed E-state index contributed by atoms with van der Waals surface area (Å²) >= 11 is 6.39. The summed E-state index contributed by atoms with van der Waals surface area (Å²) in [6, 6.07) is 13.4. The molecule has 4 heterocycles. The molecule has 0 saturated carbocycles. The van der Waals surface area contributed by atoms with Gasteiger partial charge in [-0.15, -0.1) is 0 Å². The number of nitrogens with one attached hydrogen (secondary N) is 3. The number of nitriles is 1. The van der Waals surface area contributed by atoms with Crippen LogP contribution in [0.3, 0.4) is 0 Å². The predicted molar refractivity (Wildman–Crippen MR) is 186 cm³/mol. The Morgan fingerprint density at radius 3 is 2.50 bits per heavy atom. The fourth-order valence-electron chi connectivity index (χ4n) is 5.17. The number of imidazole rings is 1. The number of carbonyl (C=O) groups excluding carboxylic acids is 1. The number of benzene rings is 1. The summed E-state index contributed by atoms with van der Waals surface area (Å²) in [4.78, 5) is 31.8. The molecule has 11 nitrogen and oxygen atoms in total. The van der Waals surface area contributed by atoms with E-state index in [9.17, 15) is 4.79 Å².